The lowest BCUT2D eigenvalue weighted by Crippen LogP contribution is -2.12. The van der Waals surface area contributed by atoms with Crippen LogP contribution in [0.5, 0.6) is 0 Å². The van der Waals surface area contributed by atoms with Crippen LogP contribution in [0.15, 0.2) is 23.1 Å². The minimum absolute atomic E-state index is 0.0742. The number of ether oxygens (including phenoxy) is 1. The van der Waals surface area contributed by atoms with Gasteiger partial charge in [-0.05, 0) is 44.7 Å². The molecule has 15 heavy (non-hydrogen) atoms. The second-order valence-electron chi connectivity index (χ2n) is 3.63. The topological polar surface area (TPSA) is 26.3 Å². The van der Waals surface area contributed by atoms with Crippen molar-refractivity contribution in [1.29, 1.82) is 0 Å². The second kappa shape index (κ2) is 5.21. The van der Waals surface area contributed by atoms with E-state index in [0.717, 1.165) is 10.5 Å². The highest BCUT2D eigenvalue weighted by atomic mass is 32.2. The monoisotopic (exact) mass is 224 g/mol. The molecule has 0 saturated heterocycles. The second-order valence-corrected chi connectivity index (χ2v) is 4.51. The van der Waals surface area contributed by atoms with Crippen LogP contribution < -0.4 is 0 Å². The van der Waals surface area contributed by atoms with E-state index in [2.05, 4.69) is 0 Å². The van der Waals surface area contributed by atoms with Crippen molar-refractivity contribution in [3.8, 4) is 0 Å². The molecule has 0 saturated carbocycles. The van der Waals surface area contributed by atoms with Crippen molar-refractivity contribution >= 4 is 17.7 Å². The molecule has 1 aromatic rings. The summed E-state index contributed by atoms with van der Waals surface area (Å²) in [5.74, 6) is -0.238. The third kappa shape index (κ3) is 3.27. The molecule has 0 spiro atoms. The van der Waals surface area contributed by atoms with Crippen LogP contribution in [0.2, 0.25) is 0 Å². The SMILES string of the molecule is CSc1ccc(C)c(C(=O)OC(C)C)c1. The van der Waals surface area contributed by atoms with Gasteiger partial charge in [0, 0.05) is 4.90 Å². The summed E-state index contributed by atoms with van der Waals surface area (Å²) < 4.78 is 5.17. The van der Waals surface area contributed by atoms with E-state index in [9.17, 15) is 4.79 Å². The van der Waals surface area contributed by atoms with E-state index >= 15 is 0 Å². The summed E-state index contributed by atoms with van der Waals surface area (Å²) in [5.41, 5.74) is 1.62. The van der Waals surface area contributed by atoms with Gasteiger partial charge in [0.05, 0.1) is 11.7 Å². The highest BCUT2D eigenvalue weighted by Crippen LogP contribution is 2.20. The summed E-state index contributed by atoms with van der Waals surface area (Å²) in [6, 6.07) is 5.83. The predicted molar refractivity (Wildman–Crippen MR) is 63.5 cm³/mol. The highest BCUT2D eigenvalue weighted by molar-refractivity contribution is 7.98. The van der Waals surface area contributed by atoms with Crippen LogP contribution in [0.3, 0.4) is 0 Å². The molecule has 0 bridgehead atoms. The summed E-state index contributed by atoms with van der Waals surface area (Å²) in [4.78, 5) is 12.8. The molecular formula is C12H16O2S. The number of hydrogen-bond acceptors (Lipinski definition) is 3. The van der Waals surface area contributed by atoms with E-state index in [1.165, 1.54) is 0 Å². The molecule has 0 heterocycles. The van der Waals surface area contributed by atoms with Gasteiger partial charge in [-0.25, -0.2) is 4.79 Å². The summed E-state index contributed by atoms with van der Waals surface area (Å²) in [6.45, 7) is 5.62. The number of thioether (sulfide) groups is 1. The van der Waals surface area contributed by atoms with Crippen LogP contribution in [0.4, 0.5) is 0 Å². The Morgan fingerprint density at radius 1 is 1.40 bits per heavy atom. The number of hydrogen-bond donors (Lipinski definition) is 0. The minimum Gasteiger partial charge on any atom is -0.459 e. The molecule has 0 aromatic heterocycles. The van der Waals surface area contributed by atoms with Crippen molar-refractivity contribution in [1.82, 2.24) is 0 Å². The smallest absolute Gasteiger partial charge is 0.338 e. The predicted octanol–water partition coefficient (Wildman–Crippen LogP) is 3.28. The maximum absolute atomic E-state index is 11.7. The maximum Gasteiger partial charge on any atom is 0.338 e. The molecule has 0 aliphatic rings. The summed E-state index contributed by atoms with van der Waals surface area (Å²) >= 11 is 1.62. The molecule has 0 radical (unpaired) electrons. The molecule has 0 N–H and O–H groups in total. The minimum atomic E-state index is -0.238. The van der Waals surface area contributed by atoms with E-state index in [1.54, 1.807) is 11.8 Å². The van der Waals surface area contributed by atoms with Crippen LogP contribution in [0, 0.1) is 6.92 Å². The Morgan fingerprint density at radius 3 is 2.60 bits per heavy atom. The molecular weight excluding hydrogens is 208 g/mol. The Bertz CT molecular complexity index is 359. The van der Waals surface area contributed by atoms with Crippen molar-refractivity contribution in [2.75, 3.05) is 6.26 Å². The van der Waals surface area contributed by atoms with E-state index in [-0.39, 0.29) is 12.1 Å². The normalized spacial score (nSPS) is 10.5. The maximum atomic E-state index is 11.7. The largest absolute Gasteiger partial charge is 0.459 e. The van der Waals surface area contributed by atoms with Crippen LogP contribution in [-0.4, -0.2) is 18.3 Å². The molecule has 0 atom stereocenters. The molecule has 1 rings (SSSR count). The van der Waals surface area contributed by atoms with Gasteiger partial charge >= 0.3 is 5.97 Å². The summed E-state index contributed by atoms with van der Waals surface area (Å²) in [6.07, 6.45) is 1.91. The van der Waals surface area contributed by atoms with Gasteiger partial charge in [-0.2, -0.15) is 0 Å². The van der Waals surface area contributed by atoms with Gasteiger partial charge in [-0.1, -0.05) is 6.07 Å². The lowest BCUT2D eigenvalue weighted by atomic mass is 10.1. The lowest BCUT2D eigenvalue weighted by Gasteiger charge is -2.10. The van der Waals surface area contributed by atoms with Gasteiger partial charge in [-0.15, -0.1) is 11.8 Å². The van der Waals surface area contributed by atoms with Crippen molar-refractivity contribution < 1.29 is 9.53 Å². The Hall–Kier alpha value is -0.960. The number of benzene rings is 1. The first-order valence-electron chi connectivity index (χ1n) is 4.90. The average molecular weight is 224 g/mol. The van der Waals surface area contributed by atoms with E-state index in [0.29, 0.717) is 5.56 Å². The fourth-order valence-corrected chi connectivity index (χ4v) is 1.67. The fraction of sp³-hybridized carbons (Fsp3) is 0.417. The first kappa shape index (κ1) is 12.1. The van der Waals surface area contributed by atoms with Crippen LogP contribution in [0.1, 0.15) is 29.8 Å². The zero-order valence-electron chi connectivity index (χ0n) is 9.53. The molecule has 2 nitrogen and oxygen atoms in total. The molecule has 0 aliphatic carbocycles. The van der Waals surface area contributed by atoms with Crippen LogP contribution in [0.25, 0.3) is 0 Å². The van der Waals surface area contributed by atoms with Gasteiger partial charge in [-0.3, -0.25) is 0 Å². The molecule has 1 aromatic carbocycles. The summed E-state index contributed by atoms with van der Waals surface area (Å²) in [5, 5.41) is 0. The zero-order chi connectivity index (χ0) is 11.4. The van der Waals surface area contributed by atoms with Gasteiger partial charge in [0.2, 0.25) is 0 Å². The molecule has 82 valence electrons. The first-order chi connectivity index (χ1) is 7.04. The molecule has 0 aliphatic heterocycles. The van der Waals surface area contributed by atoms with Crippen molar-refractivity contribution in [2.45, 2.75) is 31.8 Å². The average Bonchev–Trinajstić information content (AvgIpc) is 2.17. The summed E-state index contributed by atoms with van der Waals surface area (Å²) in [7, 11) is 0. The highest BCUT2D eigenvalue weighted by Gasteiger charge is 2.12. The van der Waals surface area contributed by atoms with E-state index in [4.69, 9.17) is 4.74 Å². The number of aryl methyl sites for hydroxylation is 1. The quantitative estimate of drug-likeness (QED) is 0.582. The molecule has 0 amide bonds. The van der Waals surface area contributed by atoms with Gasteiger partial charge in [0.1, 0.15) is 0 Å². The number of esters is 1. The third-order valence-electron chi connectivity index (χ3n) is 2.01. The Morgan fingerprint density at radius 2 is 2.07 bits per heavy atom. The zero-order valence-corrected chi connectivity index (χ0v) is 10.4. The van der Waals surface area contributed by atoms with Crippen molar-refractivity contribution in [3.63, 3.8) is 0 Å². The third-order valence-corrected chi connectivity index (χ3v) is 2.73. The van der Waals surface area contributed by atoms with Gasteiger partial charge < -0.3 is 4.74 Å². The number of rotatable bonds is 3. The van der Waals surface area contributed by atoms with E-state index < -0.39 is 0 Å². The van der Waals surface area contributed by atoms with Crippen molar-refractivity contribution in [2.24, 2.45) is 0 Å². The Balaban J connectivity index is 2.96. The Kier molecular flexibility index (Phi) is 4.21. The van der Waals surface area contributed by atoms with Crippen LogP contribution >= 0.6 is 11.8 Å². The number of carbonyl (C=O) groups is 1. The lowest BCUT2D eigenvalue weighted by molar-refractivity contribution is 0.0377. The van der Waals surface area contributed by atoms with Crippen LogP contribution in [-0.2, 0) is 4.74 Å². The molecule has 0 fully saturated rings. The fourth-order valence-electron chi connectivity index (χ4n) is 1.23. The van der Waals surface area contributed by atoms with E-state index in [1.807, 2.05) is 45.2 Å². The first-order valence-corrected chi connectivity index (χ1v) is 6.12. The number of carbonyl (C=O) groups excluding carboxylic acids is 1. The van der Waals surface area contributed by atoms with Gasteiger partial charge in [0.25, 0.3) is 0 Å². The Labute approximate surface area is 95.0 Å². The molecule has 0 unspecified atom stereocenters. The van der Waals surface area contributed by atoms with Crippen molar-refractivity contribution in [3.05, 3.63) is 29.3 Å². The molecule has 3 heteroatoms. The van der Waals surface area contributed by atoms with Gasteiger partial charge in [0.15, 0.2) is 0 Å². The standard InChI is InChI=1S/C12H16O2S/c1-8(2)14-12(13)11-7-10(15-4)6-5-9(11)3/h5-8H,1-4H3.